The van der Waals surface area contributed by atoms with Gasteiger partial charge in [0.25, 0.3) is 0 Å². The van der Waals surface area contributed by atoms with Crippen LogP contribution < -0.4 is 0 Å². The van der Waals surface area contributed by atoms with Crippen LogP contribution in [0.2, 0.25) is 0 Å². The fourth-order valence-corrected chi connectivity index (χ4v) is 3.00. The molecule has 0 saturated carbocycles. The molecule has 0 amide bonds. The van der Waals surface area contributed by atoms with Crippen molar-refractivity contribution in [3.8, 4) is 11.1 Å². The molecule has 148 valence electrons. The molecule has 0 aliphatic heterocycles. The quantitative estimate of drug-likeness (QED) is 0.680. The molecule has 3 rings (SSSR count). The lowest BCUT2D eigenvalue weighted by Crippen LogP contribution is -2.26. The van der Waals surface area contributed by atoms with E-state index in [1.807, 2.05) is 45.9 Å². The first-order chi connectivity index (χ1) is 13.2. The SMILES string of the molecule is CCc1ncc(-c2ccc3c(c2)c(C(C)O)nn3CC(=O)OC(C)(C)C)cn1. The van der Waals surface area contributed by atoms with Crippen LogP contribution in [-0.4, -0.2) is 36.4 Å². The first kappa shape index (κ1) is 19.9. The van der Waals surface area contributed by atoms with Gasteiger partial charge in [0.2, 0.25) is 0 Å². The summed E-state index contributed by atoms with van der Waals surface area (Å²) < 4.78 is 6.97. The molecule has 0 radical (unpaired) electrons. The van der Waals surface area contributed by atoms with Gasteiger partial charge in [-0.05, 0) is 45.4 Å². The van der Waals surface area contributed by atoms with Gasteiger partial charge >= 0.3 is 5.97 Å². The van der Waals surface area contributed by atoms with Crippen LogP contribution >= 0.6 is 0 Å². The Balaban J connectivity index is 2.00. The average molecular weight is 382 g/mol. The molecule has 0 aliphatic rings. The van der Waals surface area contributed by atoms with Crippen molar-refractivity contribution in [2.75, 3.05) is 0 Å². The Morgan fingerprint density at radius 2 is 1.89 bits per heavy atom. The molecule has 2 heterocycles. The molecule has 2 aromatic heterocycles. The van der Waals surface area contributed by atoms with Crippen molar-refractivity contribution < 1.29 is 14.6 Å². The predicted molar refractivity (Wildman–Crippen MR) is 107 cm³/mol. The van der Waals surface area contributed by atoms with Crippen molar-refractivity contribution in [2.24, 2.45) is 0 Å². The first-order valence-electron chi connectivity index (χ1n) is 9.39. The Morgan fingerprint density at radius 3 is 2.46 bits per heavy atom. The fraction of sp³-hybridized carbons (Fsp3) is 0.429. The lowest BCUT2D eigenvalue weighted by atomic mass is 10.0. The molecule has 1 atom stereocenters. The lowest BCUT2D eigenvalue weighted by molar-refractivity contribution is -0.155. The number of hydrogen-bond acceptors (Lipinski definition) is 6. The van der Waals surface area contributed by atoms with Gasteiger partial charge in [-0.3, -0.25) is 9.48 Å². The molecule has 0 saturated heterocycles. The predicted octanol–water partition coefficient (Wildman–Crippen LogP) is 3.45. The Morgan fingerprint density at radius 1 is 1.21 bits per heavy atom. The average Bonchev–Trinajstić information content (AvgIpc) is 2.98. The van der Waals surface area contributed by atoms with E-state index >= 15 is 0 Å². The van der Waals surface area contributed by atoms with Crippen molar-refractivity contribution in [3.05, 3.63) is 42.1 Å². The van der Waals surface area contributed by atoms with Gasteiger partial charge < -0.3 is 9.84 Å². The van der Waals surface area contributed by atoms with Crippen molar-refractivity contribution in [1.82, 2.24) is 19.7 Å². The third kappa shape index (κ3) is 4.36. The summed E-state index contributed by atoms with van der Waals surface area (Å²) in [6.07, 6.45) is 3.60. The van der Waals surface area contributed by atoms with Crippen LogP contribution in [0.4, 0.5) is 0 Å². The minimum atomic E-state index is -0.767. The smallest absolute Gasteiger partial charge is 0.328 e. The Bertz CT molecular complexity index is 985. The van der Waals surface area contributed by atoms with Gasteiger partial charge in [-0.1, -0.05) is 13.0 Å². The molecule has 28 heavy (non-hydrogen) atoms. The van der Waals surface area contributed by atoms with Gasteiger partial charge in [0.15, 0.2) is 0 Å². The second kappa shape index (κ2) is 7.67. The second-order valence-corrected chi connectivity index (χ2v) is 7.78. The standard InChI is InChI=1S/C21H26N4O3/c1-6-18-22-10-15(11-23-18)14-7-8-17-16(9-14)20(13(2)26)24-25(17)12-19(27)28-21(3,4)5/h7-11,13,26H,6,12H2,1-5H3. The molecular weight excluding hydrogens is 356 g/mol. The highest BCUT2D eigenvalue weighted by molar-refractivity contribution is 5.88. The largest absolute Gasteiger partial charge is 0.459 e. The van der Waals surface area contributed by atoms with Gasteiger partial charge in [0.05, 0.1) is 17.3 Å². The Kier molecular flexibility index (Phi) is 5.47. The van der Waals surface area contributed by atoms with Crippen LogP contribution in [0.1, 0.15) is 52.2 Å². The van der Waals surface area contributed by atoms with E-state index in [1.165, 1.54) is 0 Å². The van der Waals surface area contributed by atoms with Gasteiger partial charge in [-0.2, -0.15) is 5.10 Å². The number of rotatable bonds is 5. The highest BCUT2D eigenvalue weighted by atomic mass is 16.6. The van der Waals surface area contributed by atoms with Crippen LogP contribution in [0.5, 0.6) is 0 Å². The summed E-state index contributed by atoms with van der Waals surface area (Å²) in [5.74, 6) is 0.418. The van der Waals surface area contributed by atoms with Crippen molar-refractivity contribution >= 4 is 16.9 Å². The molecule has 0 fully saturated rings. The maximum absolute atomic E-state index is 12.2. The van der Waals surface area contributed by atoms with Gasteiger partial charge in [-0.25, -0.2) is 9.97 Å². The maximum Gasteiger partial charge on any atom is 0.328 e. The summed E-state index contributed by atoms with van der Waals surface area (Å²) in [6, 6.07) is 5.77. The number of carbonyl (C=O) groups is 1. The molecular formula is C21H26N4O3. The highest BCUT2D eigenvalue weighted by Crippen LogP contribution is 2.29. The van der Waals surface area contributed by atoms with E-state index in [2.05, 4.69) is 15.1 Å². The molecule has 0 spiro atoms. The summed E-state index contributed by atoms with van der Waals surface area (Å²) in [5, 5.41) is 15.4. The lowest BCUT2D eigenvalue weighted by Gasteiger charge is -2.19. The van der Waals surface area contributed by atoms with E-state index < -0.39 is 11.7 Å². The van der Waals surface area contributed by atoms with E-state index in [0.29, 0.717) is 5.69 Å². The first-order valence-corrected chi connectivity index (χ1v) is 9.39. The van der Waals surface area contributed by atoms with E-state index in [1.54, 1.807) is 24.0 Å². The van der Waals surface area contributed by atoms with Crippen LogP contribution in [0.25, 0.3) is 22.0 Å². The van der Waals surface area contributed by atoms with E-state index in [9.17, 15) is 9.90 Å². The van der Waals surface area contributed by atoms with Crippen LogP contribution in [-0.2, 0) is 22.5 Å². The molecule has 1 N–H and O–H groups in total. The van der Waals surface area contributed by atoms with E-state index in [0.717, 1.165) is 34.3 Å². The normalized spacial score (nSPS) is 12.9. The monoisotopic (exact) mass is 382 g/mol. The Labute approximate surface area is 164 Å². The highest BCUT2D eigenvalue weighted by Gasteiger charge is 2.20. The number of aromatic nitrogens is 4. The number of esters is 1. The number of fused-ring (bicyclic) bond motifs is 1. The molecule has 7 nitrogen and oxygen atoms in total. The summed E-state index contributed by atoms with van der Waals surface area (Å²) in [6.45, 7) is 9.12. The maximum atomic E-state index is 12.2. The fourth-order valence-electron chi connectivity index (χ4n) is 3.00. The number of hydrogen-bond donors (Lipinski definition) is 1. The molecule has 0 aliphatic carbocycles. The minimum Gasteiger partial charge on any atom is -0.459 e. The second-order valence-electron chi connectivity index (χ2n) is 7.78. The van der Waals surface area contributed by atoms with Gasteiger partial charge in [0.1, 0.15) is 18.0 Å². The summed E-state index contributed by atoms with van der Waals surface area (Å²) in [4.78, 5) is 20.9. The van der Waals surface area contributed by atoms with Crippen molar-refractivity contribution in [3.63, 3.8) is 0 Å². The Hall–Kier alpha value is -2.80. The molecule has 7 heteroatoms. The number of benzene rings is 1. The number of nitrogens with zero attached hydrogens (tertiary/aromatic N) is 4. The number of carbonyl (C=O) groups excluding carboxylic acids is 1. The van der Waals surface area contributed by atoms with Crippen LogP contribution in [0.15, 0.2) is 30.6 Å². The number of aliphatic hydroxyl groups is 1. The summed E-state index contributed by atoms with van der Waals surface area (Å²) in [7, 11) is 0. The zero-order chi connectivity index (χ0) is 20.5. The third-order valence-electron chi connectivity index (χ3n) is 4.23. The molecule has 0 bridgehead atoms. The van der Waals surface area contributed by atoms with E-state index in [4.69, 9.17) is 4.74 Å². The number of ether oxygens (including phenoxy) is 1. The topological polar surface area (TPSA) is 90.1 Å². The van der Waals surface area contributed by atoms with Crippen LogP contribution in [0.3, 0.4) is 0 Å². The number of aryl methyl sites for hydroxylation is 1. The molecule has 1 aromatic carbocycles. The van der Waals surface area contributed by atoms with Crippen molar-refractivity contribution in [1.29, 1.82) is 0 Å². The summed E-state index contributed by atoms with van der Waals surface area (Å²) in [5.41, 5.74) is 2.53. The van der Waals surface area contributed by atoms with Crippen LogP contribution in [0, 0.1) is 0 Å². The third-order valence-corrected chi connectivity index (χ3v) is 4.23. The summed E-state index contributed by atoms with van der Waals surface area (Å²) >= 11 is 0. The number of aliphatic hydroxyl groups excluding tert-OH is 1. The van der Waals surface area contributed by atoms with Gasteiger partial charge in [0, 0.05) is 29.8 Å². The molecule has 1 unspecified atom stereocenters. The molecule has 3 aromatic rings. The van der Waals surface area contributed by atoms with Gasteiger partial charge in [-0.15, -0.1) is 0 Å². The zero-order valence-corrected chi connectivity index (χ0v) is 16.9. The minimum absolute atomic E-state index is 0.0197. The van der Waals surface area contributed by atoms with E-state index in [-0.39, 0.29) is 12.5 Å². The van der Waals surface area contributed by atoms with Crippen molar-refractivity contribution in [2.45, 2.75) is 59.3 Å². The zero-order valence-electron chi connectivity index (χ0n) is 16.9.